The average molecular weight is 311 g/mol. The zero-order valence-corrected chi connectivity index (χ0v) is 13.1. The van der Waals surface area contributed by atoms with Crippen LogP contribution in [0.2, 0.25) is 0 Å². The van der Waals surface area contributed by atoms with E-state index < -0.39 is 22.2 Å². The molecule has 0 radical (unpaired) electrons. The van der Waals surface area contributed by atoms with Crippen LogP contribution in [-0.4, -0.2) is 39.2 Å². The number of benzene rings is 1. The van der Waals surface area contributed by atoms with Gasteiger partial charge in [0, 0.05) is 35.3 Å². The molecule has 0 spiro atoms. The van der Waals surface area contributed by atoms with Gasteiger partial charge in [0.2, 0.25) is 5.91 Å². The van der Waals surface area contributed by atoms with Crippen molar-refractivity contribution in [2.75, 3.05) is 18.1 Å². The number of hydrogen-bond acceptors (Lipinski definition) is 3. The van der Waals surface area contributed by atoms with E-state index in [-0.39, 0.29) is 12.3 Å². The Morgan fingerprint density at radius 1 is 1.29 bits per heavy atom. The second kappa shape index (κ2) is 7.93. The molecule has 0 heterocycles. The van der Waals surface area contributed by atoms with Crippen molar-refractivity contribution in [3.05, 3.63) is 35.9 Å². The molecule has 1 aromatic rings. The second-order valence-corrected chi connectivity index (χ2v) is 6.83. The van der Waals surface area contributed by atoms with E-state index in [1.807, 2.05) is 6.92 Å². The number of carboxylic acids is 1. The second-order valence-electron chi connectivity index (χ2n) is 4.96. The van der Waals surface area contributed by atoms with Crippen molar-refractivity contribution < 1.29 is 18.9 Å². The lowest BCUT2D eigenvalue weighted by Crippen LogP contribution is -2.39. The molecule has 0 aliphatic carbocycles. The maximum absolute atomic E-state index is 11.9. The molecule has 1 aromatic carbocycles. The van der Waals surface area contributed by atoms with Crippen LogP contribution in [0.25, 0.3) is 0 Å². The summed E-state index contributed by atoms with van der Waals surface area (Å²) in [6.07, 6.45) is -0.148. The van der Waals surface area contributed by atoms with E-state index in [0.29, 0.717) is 23.6 Å². The molecule has 0 saturated heterocycles. The SMILES string of the molecule is CCS(=O)CCNC(=O)CC(C)(C(=O)O)c1ccccc1. The zero-order chi connectivity index (χ0) is 15.9. The van der Waals surface area contributed by atoms with E-state index in [9.17, 15) is 18.9 Å². The van der Waals surface area contributed by atoms with E-state index in [1.165, 1.54) is 6.92 Å². The Hall–Kier alpha value is -1.69. The standard InChI is InChI=1S/C15H21NO4S/c1-3-21(20)10-9-16-13(17)11-15(2,14(18)19)12-7-5-4-6-8-12/h4-8H,3,9-11H2,1-2H3,(H,16,17)(H,18,19). The normalized spacial score (nSPS) is 15.0. The third-order valence-corrected chi connectivity index (χ3v) is 4.67. The Morgan fingerprint density at radius 2 is 1.90 bits per heavy atom. The predicted molar refractivity (Wildman–Crippen MR) is 82.6 cm³/mol. The van der Waals surface area contributed by atoms with Gasteiger partial charge in [0.15, 0.2) is 0 Å². The molecule has 0 bridgehead atoms. The molecule has 0 aliphatic heterocycles. The summed E-state index contributed by atoms with van der Waals surface area (Å²) in [4.78, 5) is 23.5. The predicted octanol–water partition coefficient (Wildman–Crippen LogP) is 1.30. The number of carboxylic acid groups (broad SMARTS) is 1. The van der Waals surface area contributed by atoms with Crippen molar-refractivity contribution in [3.63, 3.8) is 0 Å². The van der Waals surface area contributed by atoms with Crippen LogP contribution >= 0.6 is 0 Å². The van der Waals surface area contributed by atoms with E-state index in [2.05, 4.69) is 5.32 Å². The lowest BCUT2D eigenvalue weighted by Gasteiger charge is -2.24. The Balaban J connectivity index is 2.69. The smallest absolute Gasteiger partial charge is 0.314 e. The first-order valence-corrected chi connectivity index (χ1v) is 8.29. The third kappa shape index (κ3) is 4.97. The van der Waals surface area contributed by atoms with E-state index in [0.717, 1.165) is 0 Å². The number of rotatable bonds is 8. The number of hydrogen-bond donors (Lipinski definition) is 2. The van der Waals surface area contributed by atoms with Crippen LogP contribution < -0.4 is 5.32 Å². The largest absolute Gasteiger partial charge is 0.481 e. The minimum Gasteiger partial charge on any atom is -0.481 e. The van der Waals surface area contributed by atoms with Gasteiger partial charge in [-0.25, -0.2) is 0 Å². The maximum atomic E-state index is 11.9. The summed E-state index contributed by atoms with van der Waals surface area (Å²) >= 11 is 0. The van der Waals surface area contributed by atoms with Gasteiger partial charge in [0.25, 0.3) is 0 Å². The van der Waals surface area contributed by atoms with Gasteiger partial charge in [0.1, 0.15) is 0 Å². The molecule has 1 rings (SSSR count). The van der Waals surface area contributed by atoms with Gasteiger partial charge in [-0.3, -0.25) is 13.8 Å². The van der Waals surface area contributed by atoms with Crippen LogP contribution in [0.3, 0.4) is 0 Å². The monoisotopic (exact) mass is 311 g/mol. The highest BCUT2D eigenvalue weighted by atomic mass is 32.2. The highest BCUT2D eigenvalue weighted by Crippen LogP contribution is 2.27. The number of amides is 1. The third-order valence-electron chi connectivity index (χ3n) is 3.37. The molecule has 2 unspecified atom stereocenters. The summed E-state index contributed by atoms with van der Waals surface area (Å²) in [5.74, 6) is -0.456. The Kier molecular flexibility index (Phi) is 6.55. The summed E-state index contributed by atoms with van der Waals surface area (Å²) in [7, 11) is -0.942. The van der Waals surface area contributed by atoms with E-state index >= 15 is 0 Å². The van der Waals surface area contributed by atoms with Gasteiger partial charge in [-0.15, -0.1) is 0 Å². The first-order valence-electron chi connectivity index (χ1n) is 6.80. The fourth-order valence-corrected chi connectivity index (χ4v) is 2.56. The van der Waals surface area contributed by atoms with Crippen LogP contribution in [0.5, 0.6) is 0 Å². The first kappa shape index (κ1) is 17.4. The van der Waals surface area contributed by atoms with Gasteiger partial charge >= 0.3 is 5.97 Å². The molecule has 6 heteroatoms. The number of nitrogens with one attached hydrogen (secondary N) is 1. The van der Waals surface area contributed by atoms with Crippen molar-refractivity contribution >= 4 is 22.7 Å². The Bertz CT molecular complexity index is 518. The molecular formula is C15H21NO4S. The zero-order valence-electron chi connectivity index (χ0n) is 12.3. The fourth-order valence-electron chi connectivity index (χ4n) is 1.94. The molecule has 2 N–H and O–H groups in total. The van der Waals surface area contributed by atoms with Crippen LogP contribution in [0.4, 0.5) is 0 Å². The molecule has 0 aliphatic rings. The van der Waals surface area contributed by atoms with Crippen molar-refractivity contribution in [1.29, 1.82) is 0 Å². The molecule has 1 amide bonds. The first-order chi connectivity index (χ1) is 9.90. The molecule has 5 nitrogen and oxygen atoms in total. The van der Waals surface area contributed by atoms with Gasteiger partial charge in [-0.2, -0.15) is 0 Å². The van der Waals surface area contributed by atoms with Crippen LogP contribution in [0.1, 0.15) is 25.8 Å². The molecular weight excluding hydrogens is 290 g/mol. The van der Waals surface area contributed by atoms with E-state index in [4.69, 9.17) is 0 Å². The fraction of sp³-hybridized carbons (Fsp3) is 0.467. The quantitative estimate of drug-likeness (QED) is 0.758. The summed E-state index contributed by atoms with van der Waals surface area (Å²) in [6.45, 7) is 3.65. The average Bonchev–Trinajstić information content (AvgIpc) is 2.47. The molecule has 116 valence electrons. The summed E-state index contributed by atoms with van der Waals surface area (Å²) in [6, 6.07) is 8.70. The minimum atomic E-state index is -1.27. The molecule has 0 fully saturated rings. The summed E-state index contributed by atoms with van der Waals surface area (Å²) in [5, 5.41) is 12.1. The number of aliphatic carboxylic acids is 1. The van der Waals surface area contributed by atoms with Crippen LogP contribution in [0.15, 0.2) is 30.3 Å². The summed E-state index contributed by atoms with van der Waals surface area (Å²) < 4.78 is 11.3. The molecule has 2 atom stereocenters. The van der Waals surface area contributed by atoms with Gasteiger partial charge in [-0.1, -0.05) is 37.3 Å². The number of carbonyl (C=O) groups is 2. The van der Waals surface area contributed by atoms with Crippen molar-refractivity contribution in [1.82, 2.24) is 5.32 Å². The van der Waals surface area contributed by atoms with Crippen molar-refractivity contribution in [2.24, 2.45) is 0 Å². The topological polar surface area (TPSA) is 83.5 Å². The van der Waals surface area contributed by atoms with E-state index in [1.54, 1.807) is 30.3 Å². The minimum absolute atomic E-state index is 0.148. The van der Waals surface area contributed by atoms with Gasteiger partial charge < -0.3 is 10.4 Å². The Morgan fingerprint density at radius 3 is 2.43 bits per heavy atom. The molecule has 21 heavy (non-hydrogen) atoms. The Labute approximate surface area is 127 Å². The number of carbonyl (C=O) groups excluding carboxylic acids is 1. The lowest BCUT2D eigenvalue weighted by molar-refractivity contribution is -0.145. The molecule has 0 aromatic heterocycles. The highest BCUT2D eigenvalue weighted by molar-refractivity contribution is 7.84. The van der Waals surface area contributed by atoms with Crippen LogP contribution in [-0.2, 0) is 25.8 Å². The highest BCUT2D eigenvalue weighted by Gasteiger charge is 2.37. The van der Waals surface area contributed by atoms with Crippen LogP contribution in [0, 0.1) is 0 Å². The van der Waals surface area contributed by atoms with Gasteiger partial charge in [-0.05, 0) is 12.5 Å². The lowest BCUT2D eigenvalue weighted by atomic mass is 9.79. The van der Waals surface area contributed by atoms with Gasteiger partial charge in [0.05, 0.1) is 5.41 Å². The molecule has 0 saturated carbocycles. The van der Waals surface area contributed by atoms with Crippen molar-refractivity contribution in [3.8, 4) is 0 Å². The van der Waals surface area contributed by atoms with Crippen molar-refractivity contribution in [2.45, 2.75) is 25.7 Å². The maximum Gasteiger partial charge on any atom is 0.314 e. The summed E-state index contributed by atoms with van der Waals surface area (Å²) in [5.41, 5.74) is -0.681.